The van der Waals surface area contributed by atoms with Crippen LogP contribution in [-0.2, 0) is 4.74 Å². The van der Waals surface area contributed by atoms with E-state index >= 15 is 0 Å². The largest absolute Gasteiger partial charge is 0.445 e. The number of nitrogens with zero attached hydrogens (tertiary/aromatic N) is 1. The number of aliphatic hydroxyl groups excluding tert-OH is 2. The van der Waals surface area contributed by atoms with E-state index in [4.69, 9.17) is 9.84 Å². The zero-order valence-corrected chi connectivity index (χ0v) is 11.7. The lowest BCUT2D eigenvalue weighted by molar-refractivity contribution is -0.108. The van der Waals surface area contributed by atoms with E-state index in [9.17, 15) is 36.6 Å². The third-order valence-corrected chi connectivity index (χ3v) is 3.34. The van der Waals surface area contributed by atoms with Crippen LogP contribution in [0.25, 0.3) is 5.83 Å². The average Bonchev–Trinajstić information content (AvgIpc) is 2.85. The first-order valence-corrected chi connectivity index (χ1v) is 6.49. The molecule has 1 aliphatic heterocycles. The first-order valence-electron chi connectivity index (χ1n) is 6.49. The summed E-state index contributed by atoms with van der Waals surface area (Å²) in [6.45, 7) is -0.612. The molecule has 0 radical (unpaired) electrons. The summed E-state index contributed by atoms with van der Waals surface area (Å²) in [5, 5.41) is 18.5. The Bertz CT molecular complexity index is 768. The Hall–Kier alpha value is -2.05. The second-order valence-electron chi connectivity index (χ2n) is 4.95. The quantitative estimate of drug-likeness (QED) is 0.677. The van der Waals surface area contributed by atoms with Gasteiger partial charge in [0, 0.05) is 12.6 Å². The van der Waals surface area contributed by atoms with E-state index in [1.54, 1.807) is 0 Å². The van der Waals surface area contributed by atoms with Crippen molar-refractivity contribution in [1.82, 2.24) is 9.55 Å². The number of allylic oxidation sites excluding steroid dienone is 1. The molecule has 0 bridgehead atoms. The Morgan fingerprint density at radius 1 is 1.38 bits per heavy atom. The second-order valence-corrected chi connectivity index (χ2v) is 4.95. The molecule has 2 rings (SSSR count). The Kier molecular flexibility index (Phi) is 4.92. The first-order chi connectivity index (χ1) is 11.1. The highest BCUT2D eigenvalue weighted by Crippen LogP contribution is 2.33. The van der Waals surface area contributed by atoms with E-state index in [-0.39, 0.29) is 6.42 Å². The number of H-pyrrole nitrogens is 1. The first kappa shape index (κ1) is 18.3. The molecule has 1 aliphatic rings. The van der Waals surface area contributed by atoms with Gasteiger partial charge < -0.3 is 14.9 Å². The molecule has 0 aliphatic carbocycles. The Morgan fingerprint density at radius 3 is 2.50 bits per heavy atom. The van der Waals surface area contributed by atoms with Crippen LogP contribution in [0, 0.1) is 0 Å². The third-order valence-electron chi connectivity index (χ3n) is 3.34. The number of aromatic amines is 1. The van der Waals surface area contributed by atoms with Gasteiger partial charge in [-0.15, -0.1) is 0 Å². The van der Waals surface area contributed by atoms with Crippen molar-refractivity contribution in [2.45, 2.75) is 31.0 Å². The van der Waals surface area contributed by atoms with E-state index in [2.05, 4.69) is 0 Å². The SMILES string of the molecule is O=c1[nH]c(=O)n([C@H]2C[C@H](O)[C@@H](CO)O2)cc1/C(F)=C(/F)C(F)(F)F. The van der Waals surface area contributed by atoms with E-state index in [0.717, 1.165) is 0 Å². The molecular weight excluding hydrogens is 347 g/mol. The van der Waals surface area contributed by atoms with Gasteiger partial charge >= 0.3 is 11.9 Å². The van der Waals surface area contributed by atoms with Gasteiger partial charge in [-0.25, -0.2) is 9.18 Å². The molecular formula is C12H11F5N2O5. The summed E-state index contributed by atoms with van der Waals surface area (Å²) in [6.07, 6.45) is -9.12. The van der Waals surface area contributed by atoms with Crippen molar-refractivity contribution in [1.29, 1.82) is 0 Å². The number of alkyl halides is 3. The summed E-state index contributed by atoms with van der Waals surface area (Å²) in [6, 6.07) is 0. The van der Waals surface area contributed by atoms with E-state index in [1.807, 2.05) is 0 Å². The monoisotopic (exact) mass is 358 g/mol. The molecule has 0 spiro atoms. The van der Waals surface area contributed by atoms with Crippen LogP contribution in [0.2, 0.25) is 0 Å². The van der Waals surface area contributed by atoms with Crippen molar-refractivity contribution in [2.75, 3.05) is 6.61 Å². The summed E-state index contributed by atoms with van der Waals surface area (Å²) in [7, 11) is 0. The maximum atomic E-state index is 13.6. The van der Waals surface area contributed by atoms with Crippen LogP contribution in [-0.4, -0.2) is 44.8 Å². The summed E-state index contributed by atoms with van der Waals surface area (Å²) in [5.41, 5.74) is -4.10. The Morgan fingerprint density at radius 2 is 2.00 bits per heavy atom. The molecule has 1 saturated heterocycles. The maximum Gasteiger partial charge on any atom is 0.445 e. The summed E-state index contributed by atoms with van der Waals surface area (Å²) < 4.78 is 68.8. The van der Waals surface area contributed by atoms with Gasteiger partial charge in [0.05, 0.1) is 18.3 Å². The minimum atomic E-state index is -5.65. The second kappa shape index (κ2) is 6.45. The number of aromatic nitrogens is 2. The standard InChI is InChI=1S/C12H11F5N2O5/c13-8(9(14)12(15,16)17)4-2-19(11(23)18-10(4)22)7-1-5(21)6(3-20)24-7/h2,5-7,20-21H,1,3H2,(H,18,22,23)/b9-8-/t5-,6+,7+/m0/s1. The molecule has 3 N–H and O–H groups in total. The summed E-state index contributed by atoms with van der Waals surface area (Å²) in [5.74, 6) is -5.62. The van der Waals surface area contributed by atoms with Crippen molar-refractivity contribution >= 4 is 5.83 Å². The third kappa shape index (κ3) is 3.39. The van der Waals surface area contributed by atoms with Crippen molar-refractivity contribution in [3.8, 4) is 0 Å². The van der Waals surface area contributed by atoms with Crippen LogP contribution in [0.15, 0.2) is 21.6 Å². The van der Waals surface area contributed by atoms with E-state index in [0.29, 0.717) is 10.8 Å². The number of aliphatic hydroxyl groups is 2. The van der Waals surface area contributed by atoms with E-state index < -0.39 is 59.7 Å². The highest BCUT2D eigenvalue weighted by atomic mass is 19.4. The van der Waals surface area contributed by atoms with Crippen LogP contribution in [0.3, 0.4) is 0 Å². The molecule has 0 amide bonds. The van der Waals surface area contributed by atoms with Gasteiger partial charge in [0.1, 0.15) is 12.3 Å². The van der Waals surface area contributed by atoms with Crippen LogP contribution >= 0.6 is 0 Å². The smallest absolute Gasteiger partial charge is 0.394 e. The predicted molar refractivity (Wildman–Crippen MR) is 68.1 cm³/mol. The fourth-order valence-electron chi connectivity index (χ4n) is 2.15. The molecule has 7 nitrogen and oxygen atoms in total. The number of rotatable bonds is 3. The molecule has 1 aromatic rings. The van der Waals surface area contributed by atoms with Gasteiger partial charge in [0.15, 0.2) is 5.83 Å². The lowest BCUT2D eigenvalue weighted by Crippen LogP contribution is -2.34. The fourth-order valence-corrected chi connectivity index (χ4v) is 2.15. The normalized spacial score (nSPS) is 25.7. The van der Waals surface area contributed by atoms with Crippen molar-refractivity contribution in [2.24, 2.45) is 0 Å². The molecule has 24 heavy (non-hydrogen) atoms. The number of halogens is 5. The Labute approximate surface area is 129 Å². The van der Waals surface area contributed by atoms with Crippen molar-refractivity contribution in [3.63, 3.8) is 0 Å². The highest BCUT2D eigenvalue weighted by molar-refractivity contribution is 5.60. The van der Waals surface area contributed by atoms with Crippen molar-refractivity contribution < 1.29 is 36.9 Å². The molecule has 2 heterocycles. The zero-order valence-electron chi connectivity index (χ0n) is 11.7. The number of hydrogen-bond donors (Lipinski definition) is 3. The fraction of sp³-hybridized carbons (Fsp3) is 0.500. The zero-order chi connectivity index (χ0) is 18.2. The van der Waals surface area contributed by atoms with Crippen molar-refractivity contribution in [3.05, 3.63) is 38.4 Å². The summed E-state index contributed by atoms with van der Waals surface area (Å²) >= 11 is 0. The van der Waals surface area contributed by atoms with Gasteiger partial charge in [0.25, 0.3) is 5.56 Å². The lowest BCUT2D eigenvalue weighted by Gasteiger charge is -2.15. The summed E-state index contributed by atoms with van der Waals surface area (Å²) in [4.78, 5) is 24.7. The van der Waals surface area contributed by atoms with Crippen LogP contribution in [0.1, 0.15) is 18.2 Å². The topological polar surface area (TPSA) is 105 Å². The van der Waals surface area contributed by atoms with Crippen LogP contribution < -0.4 is 11.2 Å². The molecule has 1 fully saturated rings. The van der Waals surface area contributed by atoms with Gasteiger partial charge in [-0.2, -0.15) is 17.6 Å². The van der Waals surface area contributed by atoms with Crippen LogP contribution in [0.4, 0.5) is 22.0 Å². The Balaban J connectivity index is 2.51. The molecule has 12 heteroatoms. The van der Waals surface area contributed by atoms with Gasteiger partial charge in [-0.1, -0.05) is 0 Å². The lowest BCUT2D eigenvalue weighted by atomic mass is 10.2. The van der Waals surface area contributed by atoms with E-state index in [1.165, 1.54) is 4.98 Å². The minimum Gasteiger partial charge on any atom is -0.394 e. The van der Waals surface area contributed by atoms with Gasteiger partial charge in [0.2, 0.25) is 5.83 Å². The van der Waals surface area contributed by atoms with Gasteiger partial charge in [-0.05, 0) is 0 Å². The molecule has 0 unspecified atom stereocenters. The molecule has 134 valence electrons. The molecule has 1 aromatic heterocycles. The van der Waals surface area contributed by atoms with Gasteiger partial charge in [-0.3, -0.25) is 14.3 Å². The number of ether oxygens (including phenoxy) is 1. The number of hydrogen-bond acceptors (Lipinski definition) is 5. The van der Waals surface area contributed by atoms with Crippen LogP contribution in [0.5, 0.6) is 0 Å². The molecule has 0 aromatic carbocycles. The molecule has 0 saturated carbocycles. The maximum absolute atomic E-state index is 13.6. The average molecular weight is 358 g/mol. The highest BCUT2D eigenvalue weighted by Gasteiger charge is 2.40. The molecule has 3 atom stereocenters. The minimum absolute atomic E-state index is 0.260. The number of nitrogens with one attached hydrogen (secondary N) is 1. The predicted octanol–water partition coefficient (Wildman–Crippen LogP) is 0.347.